The van der Waals surface area contributed by atoms with Crippen LogP contribution in [0.25, 0.3) is 0 Å². The number of fused-ring (bicyclic) bond motifs is 2. The topological polar surface area (TPSA) is 47.3 Å². The lowest BCUT2D eigenvalue weighted by Gasteiger charge is -2.43. The summed E-state index contributed by atoms with van der Waals surface area (Å²) < 4.78 is 0. The molecular weight excluding hydrogens is 262 g/mol. The Balaban J connectivity index is 1.77. The van der Waals surface area contributed by atoms with Crippen LogP contribution >= 0.6 is 0 Å². The zero-order valence-electron chi connectivity index (χ0n) is 12.6. The van der Waals surface area contributed by atoms with Crippen LogP contribution in [0.15, 0.2) is 24.3 Å². The fourth-order valence-electron chi connectivity index (χ4n) is 3.85. The van der Waals surface area contributed by atoms with Gasteiger partial charge < -0.3 is 4.90 Å². The number of hydrogen-bond acceptors (Lipinski definition) is 3. The van der Waals surface area contributed by atoms with Crippen LogP contribution in [0.3, 0.4) is 0 Å². The van der Waals surface area contributed by atoms with Gasteiger partial charge in [0.2, 0.25) is 0 Å². The normalized spacial score (nSPS) is 25.1. The number of benzene rings is 1. The quantitative estimate of drug-likeness (QED) is 0.836. The maximum Gasteiger partial charge on any atom is 0.254 e. The molecule has 2 fully saturated rings. The molecule has 0 radical (unpaired) electrons. The molecule has 2 aliphatic rings. The van der Waals surface area contributed by atoms with Crippen molar-refractivity contribution in [3.05, 3.63) is 35.4 Å². The molecule has 0 saturated carbocycles. The summed E-state index contributed by atoms with van der Waals surface area (Å²) in [5.74, 6) is 0.0624. The predicted molar refractivity (Wildman–Crippen MR) is 80.8 cm³/mol. The van der Waals surface area contributed by atoms with Gasteiger partial charge in [-0.05, 0) is 44.9 Å². The third kappa shape index (κ3) is 2.54. The third-order valence-electron chi connectivity index (χ3n) is 4.66. The van der Waals surface area contributed by atoms with Gasteiger partial charge in [0.1, 0.15) is 0 Å². The van der Waals surface area contributed by atoms with Crippen LogP contribution in [-0.2, 0) is 0 Å². The number of amides is 1. The first-order chi connectivity index (χ1) is 10.1. The van der Waals surface area contributed by atoms with Crippen molar-refractivity contribution in [3.8, 4) is 6.07 Å². The number of nitriles is 1. The molecule has 110 valence electrons. The molecule has 0 aromatic heterocycles. The zero-order valence-corrected chi connectivity index (χ0v) is 12.6. The number of hydrogen-bond donors (Lipinski definition) is 0. The van der Waals surface area contributed by atoms with Crippen LogP contribution < -0.4 is 0 Å². The molecule has 1 amide bonds. The summed E-state index contributed by atoms with van der Waals surface area (Å²) in [7, 11) is 0. The van der Waals surface area contributed by atoms with Crippen LogP contribution in [0, 0.1) is 11.3 Å². The lowest BCUT2D eigenvalue weighted by Crippen LogP contribution is -2.57. The van der Waals surface area contributed by atoms with Crippen LogP contribution in [0.4, 0.5) is 0 Å². The summed E-state index contributed by atoms with van der Waals surface area (Å²) >= 11 is 0. The predicted octanol–water partition coefficient (Wildman–Crippen LogP) is 2.26. The minimum absolute atomic E-state index is 0.0624. The van der Waals surface area contributed by atoms with E-state index in [0.717, 1.165) is 13.1 Å². The minimum Gasteiger partial charge on any atom is -0.336 e. The van der Waals surface area contributed by atoms with Gasteiger partial charge in [0.05, 0.1) is 11.6 Å². The van der Waals surface area contributed by atoms with Gasteiger partial charge >= 0.3 is 0 Å². The number of carbonyl (C=O) groups is 1. The summed E-state index contributed by atoms with van der Waals surface area (Å²) in [6.45, 7) is 6.09. The molecule has 2 atom stereocenters. The first-order valence-corrected chi connectivity index (χ1v) is 7.67. The Morgan fingerprint density at radius 2 is 1.95 bits per heavy atom. The Labute approximate surface area is 126 Å². The first kappa shape index (κ1) is 14.1. The summed E-state index contributed by atoms with van der Waals surface area (Å²) in [5, 5.41) is 8.96. The molecule has 2 aliphatic heterocycles. The van der Waals surface area contributed by atoms with E-state index in [4.69, 9.17) is 5.26 Å². The van der Waals surface area contributed by atoms with E-state index in [9.17, 15) is 4.79 Å². The van der Waals surface area contributed by atoms with Crippen LogP contribution in [0.2, 0.25) is 0 Å². The van der Waals surface area contributed by atoms with Gasteiger partial charge in [-0.15, -0.1) is 0 Å². The fraction of sp³-hybridized carbons (Fsp3) is 0.529. The second kappa shape index (κ2) is 5.50. The summed E-state index contributed by atoms with van der Waals surface area (Å²) in [6.07, 6.45) is 2.37. The second-order valence-corrected chi connectivity index (χ2v) is 6.33. The molecule has 21 heavy (non-hydrogen) atoms. The summed E-state index contributed by atoms with van der Waals surface area (Å²) in [5.41, 5.74) is 1.18. The fourth-order valence-corrected chi connectivity index (χ4v) is 3.85. The molecule has 1 aromatic rings. The highest BCUT2D eigenvalue weighted by atomic mass is 16.2. The van der Waals surface area contributed by atoms with E-state index in [0.29, 0.717) is 29.3 Å². The molecule has 0 N–H and O–H groups in total. The molecule has 2 unspecified atom stereocenters. The van der Waals surface area contributed by atoms with Gasteiger partial charge in [0.15, 0.2) is 0 Å². The highest BCUT2D eigenvalue weighted by molar-refractivity contribution is 5.94. The Morgan fingerprint density at radius 1 is 1.29 bits per heavy atom. The largest absolute Gasteiger partial charge is 0.336 e. The maximum absolute atomic E-state index is 12.7. The monoisotopic (exact) mass is 283 g/mol. The molecule has 0 spiro atoms. The number of piperazine rings is 1. The van der Waals surface area contributed by atoms with Gasteiger partial charge in [-0.25, -0.2) is 0 Å². The van der Waals surface area contributed by atoms with Crippen molar-refractivity contribution in [2.45, 2.75) is 44.8 Å². The van der Waals surface area contributed by atoms with Crippen LogP contribution in [0.1, 0.15) is 42.6 Å². The number of rotatable bonds is 2. The highest BCUT2D eigenvalue weighted by Crippen LogP contribution is 2.32. The van der Waals surface area contributed by atoms with Crippen molar-refractivity contribution in [2.75, 3.05) is 13.1 Å². The first-order valence-electron chi connectivity index (χ1n) is 7.67. The van der Waals surface area contributed by atoms with Gasteiger partial charge in [-0.3, -0.25) is 9.69 Å². The van der Waals surface area contributed by atoms with Crippen molar-refractivity contribution >= 4 is 5.91 Å². The van der Waals surface area contributed by atoms with Crippen LogP contribution in [-0.4, -0.2) is 46.9 Å². The lowest BCUT2D eigenvalue weighted by molar-refractivity contribution is 0.0338. The minimum atomic E-state index is 0.0624. The molecule has 4 heteroatoms. The highest BCUT2D eigenvalue weighted by Gasteiger charge is 2.42. The molecule has 2 bridgehead atoms. The molecule has 2 saturated heterocycles. The van der Waals surface area contributed by atoms with Crippen molar-refractivity contribution < 1.29 is 4.79 Å². The number of nitrogens with zero attached hydrogens (tertiary/aromatic N) is 3. The van der Waals surface area contributed by atoms with E-state index >= 15 is 0 Å². The standard InChI is InChI=1S/C17H21N3O/c1-12(2)20-15-6-7-16(20)11-19(10-15)17(21)14-5-3-4-13(8-14)9-18/h3-5,8,12,15-16H,6-7,10-11H2,1-2H3. The maximum atomic E-state index is 12.7. The van der Waals surface area contributed by atoms with Gasteiger partial charge in [0, 0.05) is 36.8 Å². The van der Waals surface area contributed by atoms with E-state index in [2.05, 4.69) is 24.8 Å². The van der Waals surface area contributed by atoms with Gasteiger partial charge in [0.25, 0.3) is 5.91 Å². The molecule has 1 aromatic carbocycles. The van der Waals surface area contributed by atoms with Crippen molar-refractivity contribution in [2.24, 2.45) is 0 Å². The third-order valence-corrected chi connectivity index (χ3v) is 4.66. The Hall–Kier alpha value is -1.86. The van der Waals surface area contributed by atoms with Crippen molar-refractivity contribution in [1.29, 1.82) is 5.26 Å². The van der Waals surface area contributed by atoms with Crippen molar-refractivity contribution in [3.63, 3.8) is 0 Å². The Kier molecular flexibility index (Phi) is 3.69. The second-order valence-electron chi connectivity index (χ2n) is 6.33. The summed E-state index contributed by atoms with van der Waals surface area (Å²) in [4.78, 5) is 17.2. The van der Waals surface area contributed by atoms with E-state index in [1.165, 1.54) is 12.8 Å². The molecule has 0 aliphatic carbocycles. The average Bonchev–Trinajstić information content (AvgIpc) is 2.77. The Bertz CT molecular complexity index is 576. The van der Waals surface area contributed by atoms with Crippen LogP contribution in [0.5, 0.6) is 0 Å². The Morgan fingerprint density at radius 3 is 2.52 bits per heavy atom. The van der Waals surface area contributed by atoms with Gasteiger partial charge in [-0.2, -0.15) is 5.26 Å². The zero-order chi connectivity index (χ0) is 15.0. The van der Waals surface area contributed by atoms with Crippen molar-refractivity contribution in [1.82, 2.24) is 9.80 Å². The average molecular weight is 283 g/mol. The molecule has 4 nitrogen and oxygen atoms in total. The van der Waals surface area contributed by atoms with E-state index in [1.54, 1.807) is 24.3 Å². The number of carbonyl (C=O) groups excluding carboxylic acids is 1. The molecule has 2 heterocycles. The number of likely N-dealkylation sites (tertiary alicyclic amines) is 1. The van der Waals surface area contributed by atoms with Gasteiger partial charge in [-0.1, -0.05) is 6.07 Å². The molecule has 3 rings (SSSR count). The molecular formula is C17H21N3O. The smallest absolute Gasteiger partial charge is 0.254 e. The summed E-state index contributed by atoms with van der Waals surface area (Å²) in [6, 6.07) is 10.6. The van der Waals surface area contributed by atoms with E-state index in [-0.39, 0.29) is 5.91 Å². The SMILES string of the molecule is CC(C)N1C2CCC1CN(C(=O)c1cccc(C#N)c1)C2. The lowest BCUT2D eigenvalue weighted by atomic mass is 10.1. The van der Waals surface area contributed by atoms with E-state index in [1.807, 2.05) is 4.90 Å². The van der Waals surface area contributed by atoms with E-state index < -0.39 is 0 Å².